The van der Waals surface area contributed by atoms with Crippen LogP contribution in [0.25, 0.3) is 5.76 Å². The van der Waals surface area contributed by atoms with Crippen molar-refractivity contribution in [1.29, 1.82) is 0 Å². The molecule has 1 unspecified atom stereocenters. The highest BCUT2D eigenvalue weighted by molar-refractivity contribution is 6.46. The molecule has 0 radical (unpaired) electrons. The van der Waals surface area contributed by atoms with Gasteiger partial charge in [0.25, 0.3) is 11.7 Å². The summed E-state index contributed by atoms with van der Waals surface area (Å²) in [6.45, 7) is 4.87. The van der Waals surface area contributed by atoms with Crippen molar-refractivity contribution >= 4 is 17.4 Å². The maximum atomic E-state index is 13.0. The number of phenolic OH excluding ortho intramolecular Hbond substituents is 1. The zero-order valence-electron chi connectivity index (χ0n) is 18.6. The van der Waals surface area contributed by atoms with E-state index in [-0.39, 0.29) is 22.8 Å². The zero-order chi connectivity index (χ0) is 23.3. The van der Waals surface area contributed by atoms with Gasteiger partial charge in [0, 0.05) is 12.1 Å². The van der Waals surface area contributed by atoms with E-state index in [1.807, 2.05) is 13.8 Å². The lowest BCUT2D eigenvalue weighted by molar-refractivity contribution is -0.139. The molecule has 0 aliphatic carbocycles. The van der Waals surface area contributed by atoms with E-state index in [0.717, 1.165) is 12.8 Å². The molecule has 1 saturated heterocycles. The van der Waals surface area contributed by atoms with E-state index < -0.39 is 17.7 Å². The number of aliphatic hydroxyl groups excluding tert-OH is 1. The molecule has 0 aromatic heterocycles. The van der Waals surface area contributed by atoms with Crippen LogP contribution in [-0.2, 0) is 9.59 Å². The van der Waals surface area contributed by atoms with Crippen molar-refractivity contribution in [1.82, 2.24) is 4.90 Å². The fraction of sp³-hybridized carbons (Fsp3) is 0.360. The number of ether oxygens (including phenoxy) is 2. The molecule has 1 aliphatic heterocycles. The van der Waals surface area contributed by atoms with Gasteiger partial charge in [-0.15, -0.1) is 0 Å². The molecule has 1 atom stereocenters. The van der Waals surface area contributed by atoms with E-state index >= 15 is 0 Å². The molecule has 32 heavy (non-hydrogen) atoms. The minimum atomic E-state index is -0.821. The standard InChI is InChI=1S/C25H29NO6/c1-4-6-12-26-22(16-10-11-20(31-3)19(27)15-16)21(24(29)25(26)30)23(28)17-8-7-9-18(14-17)32-13-5-2/h7-11,14-15,22,27-28H,4-6,12-13H2,1-3H3/b23-21-. The van der Waals surface area contributed by atoms with Gasteiger partial charge in [-0.1, -0.05) is 38.5 Å². The first-order chi connectivity index (χ1) is 15.4. The number of methoxy groups -OCH3 is 1. The number of aromatic hydroxyl groups is 1. The molecule has 1 aliphatic rings. The number of amides is 1. The SMILES string of the molecule is CCCCN1C(=O)C(=O)/C(=C(\O)c2cccc(OCCC)c2)C1c1ccc(OC)c(O)c1. The van der Waals surface area contributed by atoms with Crippen molar-refractivity contribution in [2.45, 2.75) is 39.2 Å². The van der Waals surface area contributed by atoms with Crippen molar-refractivity contribution in [2.24, 2.45) is 0 Å². The van der Waals surface area contributed by atoms with Gasteiger partial charge in [-0.05, 0) is 42.7 Å². The Labute approximate surface area is 187 Å². The first-order valence-electron chi connectivity index (χ1n) is 10.8. The normalized spacial score (nSPS) is 17.6. The Morgan fingerprint density at radius 2 is 1.88 bits per heavy atom. The number of benzene rings is 2. The molecule has 2 N–H and O–H groups in total. The number of Topliss-reactive ketones (excluding diaryl/α,β-unsaturated/α-hetero) is 1. The van der Waals surface area contributed by atoms with Gasteiger partial charge in [0.15, 0.2) is 11.5 Å². The second kappa shape index (κ2) is 10.2. The van der Waals surface area contributed by atoms with E-state index in [0.29, 0.717) is 36.4 Å². The van der Waals surface area contributed by atoms with E-state index in [4.69, 9.17) is 9.47 Å². The van der Waals surface area contributed by atoms with E-state index in [1.54, 1.807) is 36.4 Å². The smallest absolute Gasteiger partial charge is 0.295 e. The van der Waals surface area contributed by atoms with Crippen molar-refractivity contribution in [3.05, 3.63) is 59.2 Å². The fourth-order valence-corrected chi connectivity index (χ4v) is 3.77. The highest BCUT2D eigenvalue weighted by Crippen LogP contribution is 2.42. The van der Waals surface area contributed by atoms with E-state index in [2.05, 4.69) is 0 Å². The predicted molar refractivity (Wildman–Crippen MR) is 121 cm³/mol. The Morgan fingerprint density at radius 3 is 2.53 bits per heavy atom. The van der Waals surface area contributed by atoms with Crippen molar-refractivity contribution in [3.8, 4) is 17.2 Å². The highest BCUT2D eigenvalue weighted by atomic mass is 16.5. The van der Waals surface area contributed by atoms with Crippen LogP contribution in [0.4, 0.5) is 0 Å². The summed E-state index contributed by atoms with van der Waals surface area (Å²) in [5.41, 5.74) is 0.886. The average Bonchev–Trinajstić information content (AvgIpc) is 3.05. The summed E-state index contributed by atoms with van der Waals surface area (Å²) in [4.78, 5) is 27.3. The zero-order valence-corrected chi connectivity index (χ0v) is 18.6. The summed E-state index contributed by atoms with van der Waals surface area (Å²) in [6, 6.07) is 10.7. The number of carbonyl (C=O) groups excluding carboxylic acids is 2. The van der Waals surface area contributed by atoms with Crippen LogP contribution in [-0.4, -0.2) is 47.1 Å². The molecule has 170 valence electrons. The maximum Gasteiger partial charge on any atom is 0.295 e. The molecule has 0 bridgehead atoms. The third-order valence-electron chi connectivity index (χ3n) is 5.39. The molecule has 1 amide bonds. The van der Waals surface area contributed by atoms with Crippen LogP contribution in [0.3, 0.4) is 0 Å². The van der Waals surface area contributed by atoms with E-state index in [9.17, 15) is 19.8 Å². The number of hydrogen-bond acceptors (Lipinski definition) is 6. The predicted octanol–water partition coefficient (Wildman–Crippen LogP) is 4.41. The number of rotatable bonds is 9. The molecule has 3 rings (SSSR count). The first-order valence-corrected chi connectivity index (χ1v) is 10.8. The third-order valence-corrected chi connectivity index (χ3v) is 5.39. The quantitative estimate of drug-likeness (QED) is 0.341. The molecule has 0 spiro atoms. The molecular weight excluding hydrogens is 410 g/mol. The number of unbranched alkanes of at least 4 members (excludes halogenated alkanes) is 1. The summed E-state index contributed by atoms with van der Waals surface area (Å²) >= 11 is 0. The number of aliphatic hydroxyl groups is 1. The second-order valence-corrected chi connectivity index (χ2v) is 7.65. The van der Waals surface area contributed by atoms with Crippen LogP contribution >= 0.6 is 0 Å². The second-order valence-electron chi connectivity index (χ2n) is 7.65. The number of nitrogens with zero attached hydrogens (tertiary/aromatic N) is 1. The Hall–Kier alpha value is -3.48. The largest absolute Gasteiger partial charge is 0.507 e. The van der Waals surface area contributed by atoms with Crippen LogP contribution in [0.1, 0.15) is 50.3 Å². The topological polar surface area (TPSA) is 96.3 Å². The molecule has 1 fully saturated rings. The molecular formula is C25H29NO6. The number of phenols is 1. The van der Waals surface area contributed by atoms with Gasteiger partial charge in [0.05, 0.1) is 25.3 Å². The Morgan fingerprint density at radius 1 is 1.09 bits per heavy atom. The number of ketones is 1. The minimum Gasteiger partial charge on any atom is -0.507 e. The Kier molecular flexibility index (Phi) is 7.41. The number of carbonyl (C=O) groups is 2. The van der Waals surface area contributed by atoms with Crippen molar-refractivity contribution in [2.75, 3.05) is 20.3 Å². The number of hydrogen-bond donors (Lipinski definition) is 2. The molecule has 0 saturated carbocycles. The van der Waals surface area contributed by atoms with Crippen LogP contribution in [0.15, 0.2) is 48.0 Å². The molecule has 7 heteroatoms. The lowest BCUT2D eigenvalue weighted by atomic mass is 9.95. The fourth-order valence-electron chi connectivity index (χ4n) is 3.77. The van der Waals surface area contributed by atoms with E-state index in [1.165, 1.54) is 18.1 Å². The van der Waals surface area contributed by atoms with Crippen LogP contribution in [0.5, 0.6) is 17.2 Å². The van der Waals surface area contributed by atoms with Gasteiger partial charge < -0.3 is 24.6 Å². The lowest BCUT2D eigenvalue weighted by Gasteiger charge is -2.25. The molecule has 7 nitrogen and oxygen atoms in total. The van der Waals surface area contributed by atoms with Crippen molar-refractivity contribution < 1.29 is 29.3 Å². The van der Waals surface area contributed by atoms with Gasteiger partial charge in [-0.25, -0.2) is 0 Å². The van der Waals surface area contributed by atoms with Gasteiger partial charge in [0.1, 0.15) is 11.5 Å². The summed E-state index contributed by atoms with van der Waals surface area (Å²) in [7, 11) is 1.44. The highest BCUT2D eigenvalue weighted by Gasteiger charge is 2.46. The summed E-state index contributed by atoms with van der Waals surface area (Å²) < 4.78 is 10.8. The van der Waals surface area contributed by atoms with Crippen LogP contribution in [0.2, 0.25) is 0 Å². The third kappa shape index (κ3) is 4.56. The molecule has 2 aromatic rings. The van der Waals surface area contributed by atoms with Crippen molar-refractivity contribution in [3.63, 3.8) is 0 Å². The van der Waals surface area contributed by atoms with Gasteiger partial charge in [0.2, 0.25) is 0 Å². The summed E-state index contributed by atoms with van der Waals surface area (Å²) in [5.74, 6) is -0.960. The monoisotopic (exact) mass is 439 g/mol. The average molecular weight is 440 g/mol. The summed E-state index contributed by atoms with van der Waals surface area (Å²) in [5, 5.41) is 21.4. The van der Waals surface area contributed by atoms with Gasteiger partial charge >= 0.3 is 0 Å². The summed E-state index contributed by atoms with van der Waals surface area (Å²) in [6.07, 6.45) is 2.37. The lowest BCUT2D eigenvalue weighted by Crippen LogP contribution is -2.30. The minimum absolute atomic E-state index is 0.0108. The Balaban J connectivity index is 2.13. The van der Waals surface area contributed by atoms with Crippen LogP contribution < -0.4 is 9.47 Å². The number of likely N-dealkylation sites (tertiary alicyclic amines) is 1. The van der Waals surface area contributed by atoms with Gasteiger partial charge in [-0.2, -0.15) is 0 Å². The maximum absolute atomic E-state index is 13.0. The van der Waals surface area contributed by atoms with Gasteiger partial charge in [-0.3, -0.25) is 9.59 Å². The first kappa shape index (κ1) is 23.2. The molecule has 1 heterocycles. The Bertz CT molecular complexity index is 1030. The van der Waals surface area contributed by atoms with Crippen LogP contribution in [0, 0.1) is 0 Å². The molecule has 2 aromatic carbocycles.